The second-order valence-corrected chi connectivity index (χ2v) is 4.68. The predicted molar refractivity (Wildman–Crippen MR) is 64.8 cm³/mol. The lowest BCUT2D eigenvalue weighted by molar-refractivity contribution is -0.138. The van der Waals surface area contributed by atoms with Crippen LogP contribution >= 0.6 is 11.6 Å². The van der Waals surface area contributed by atoms with Gasteiger partial charge in [0.1, 0.15) is 0 Å². The maximum Gasteiger partial charge on any atom is 0.417 e. The maximum absolute atomic E-state index is 13.4. The summed E-state index contributed by atoms with van der Waals surface area (Å²) in [5.41, 5.74) is -4.33. The Labute approximate surface area is 127 Å². The number of halogens is 8. The van der Waals surface area contributed by atoms with Crippen LogP contribution < -0.4 is 5.56 Å². The molecule has 0 bridgehead atoms. The lowest BCUT2D eigenvalue weighted by Gasteiger charge is -2.13. The van der Waals surface area contributed by atoms with Crippen LogP contribution in [0.3, 0.4) is 0 Å². The van der Waals surface area contributed by atoms with E-state index in [0.717, 1.165) is 0 Å². The van der Waals surface area contributed by atoms with E-state index in [1.54, 1.807) is 0 Å². The number of aromatic nitrogens is 2. The van der Waals surface area contributed by atoms with Gasteiger partial charge in [-0.3, -0.25) is 9.36 Å². The van der Waals surface area contributed by atoms with Crippen LogP contribution in [-0.4, -0.2) is 9.55 Å². The minimum absolute atomic E-state index is 0.0309. The molecule has 23 heavy (non-hydrogen) atoms. The molecule has 2 heterocycles. The first-order valence-electron chi connectivity index (χ1n) is 5.64. The molecule has 0 N–H and O–H groups in total. The van der Waals surface area contributed by atoms with Crippen molar-refractivity contribution in [2.75, 3.05) is 0 Å². The fraction of sp³-hybridized carbons (Fsp3) is 0.167. The monoisotopic (exact) mass is 360 g/mol. The van der Waals surface area contributed by atoms with Crippen molar-refractivity contribution in [3.05, 3.63) is 56.8 Å². The first kappa shape index (κ1) is 17.3. The van der Waals surface area contributed by atoms with Gasteiger partial charge in [-0.05, 0) is 12.1 Å². The molecule has 2 aromatic heterocycles. The number of nitrogens with zero attached hydrogens (tertiary/aromatic N) is 2. The van der Waals surface area contributed by atoms with E-state index >= 15 is 0 Å². The van der Waals surface area contributed by atoms with Crippen LogP contribution in [0, 0.1) is 5.82 Å². The lowest BCUT2D eigenvalue weighted by atomic mass is 10.2. The Bertz CT molecular complexity index is 811. The Morgan fingerprint density at radius 1 is 1.00 bits per heavy atom. The molecule has 2 rings (SSSR count). The zero-order chi connectivity index (χ0) is 17.6. The Morgan fingerprint density at radius 3 is 2.04 bits per heavy atom. The van der Waals surface area contributed by atoms with Crippen LogP contribution in [0.5, 0.6) is 0 Å². The van der Waals surface area contributed by atoms with E-state index in [1.807, 2.05) is 0 Å². The molecule has 0 unspecified atom stereocenters. The van der Waals surface area contributed by atoms with E-state index in [-0.39, 0.29) is 23.0 Å². The fourth-order valence-corrected chi connectivity index (χ4v) is 1.88. The quantitative estimate of drug-likeness (QED) is 0.719. The van der Waals surface area contributed by atoms with Crippen molar-refractivity contribution in [3.8, 4) is 5.82 Å². The van der Waals surface area contributed by atoms with Crippen molar-refractivity contribution in [2.24, 2.45) is 0 Å². The number of alkyl halides is 6. The van der Waals surface area contributed by atoms with Crippen molar-refractivity contribution in [1.82, 2.24) is 9.55 Å². The Hall–Kier alpha value is -2.10. The van der Waals surface area contributed by atoms with Gasteiger partial charge in [0.05, 0.1) is 16.1 Å². The zero-order valence-electron chi connectivity index (χ0n) is 10.6. The summed E-state index contributed by atoms with van der Waals surface area (Å²) in [5, 5.41) is -0.763. The molecule has 0 spiro atoms. The fourth-order valence-electron chi connectivity index (χ4n) is 1.62. The number of rotatable bonds is 1. The lowest BCUT2D eigenvalue weighted by Crippen LogP contribution is -2.25. The summed E-state index contributed by atoms with van der Waals surface area (Å²) in [5.74, 6) is -2.51. The van der Waals surface area contributed by atoms with Crippen molar-refractivity contribution < 1.29 is 30.7 Å². The molecule has 0 atom stereocenters. The minimum Gasteiger partial charge on any atom is -0.266 e. The summed E-state index contributed by atoms with van der Waals surface area (Å²) in [6.07, 6.45) is -9.30. The highest BCUT2D eigenvalue weighted by Gasteiger charge is 2.34. The Morgan fingerprint density at radius 2 is 1.57 bits per heavy atom. The largest absolute Gasteiger partial charge is 0.417 e. The molecule has 11 heteroatoms. The molecule has 3 nitrogen and oxygen atoms in total. The normalized spacial score (nSPS) is 12.5. The van der Waals surface area contributed by atoms with Gasteiger partial charge in [0, 0.05) is 12.4 Å². The van der Waals surface area contributed by atoms with E-state index in [0.29, 0.717) is 6.07 Å². The summed E-state index contributed by atoms with van der Waals surface area (Å²) in [6, 6.07) is 0.339. The van der Waals surface area contributed by atoms with E-state index in [1.165, 1.54) is 0 Å². The third kappa shape index (κ3) is 3.46. The molecule has 0 fully saturated rings. The highest BCUT2D eigenvalue weighted by Crippen LogP contribution is 2.33. The van der Waals surface area contributed by atoms with Gasteiger partial charge in [-0.2, -0.15) is 26.3 Å². The highest BCUT2D eigenvalue weighted by atomic mass is 35.5. The molecular formula is C12H4ClF7N2O. The summed E-state index contributed by atoms with van der Waals surface area (Å²) in [4.78, 5) is 14.8. The molecule has 0 amide bonds. The number of hydrogen-bond acceptors (Lipinski definition) is 2. The number of pyridine rings is 2. The Kier molecular flexibility index (Phi) is 4.14. The van der Waals surface area contributed by atoms with Crippen LogP contribution in [-0.2, 0) is 12.4 Å². The summed E-state index contributed by atoms with van der Waals surface area (Å²) in [7, 11) is 0. The smallest absolute Gasteiger partial charge is 0.266 e. The van der Waals surface area contributed by atoms with Crippen molar-refractivity contribution in [2.45, 2.75) is 12.4 Å². The highest BCUT2D eigenvalue weighted by molar-refractivity contribution is 6.32. The second-order valence-electron chi connectivity index (χ2n) is 4.28. The van der Waals surface area contributed by atoms with E-state index in [9.17, 15) is 35.5 Å². The van der Waals surface area contributed by atoms with Crippen LogP contribution in [0.25, 0.3) is 5.82 Å². The average molecular weight is 361 g/mol. The molecule has 0 saturated carbocycles. The van der Waals surface area contributed by atoms with E-state index < -0.39 is 45.7 Å². The first-order chi connectivity index (χ1) is 10.4. The zero-order valence-corrected chi connectivity index (χ0v) is 11.4. The van der Waals surface area contributed by atoms with Gasteiger partial charge in [0.25, 0.3) is 5.56 Å². The molecule has 124 valence electrons. The summed E-state index contributed by atoms with van der Waals surface area (Å²) >= 11 is 5.53. The number of hydrogen-bond donors (Lipinski definition) is 0. The summed E-state index contributed by atoms with van der Waals surface area (Å²) in [6.45, 7) is 0. The molecule has 0 radical (unpaired) electrons. The maximum atomic E-state index is 13.4. The van der Waals surface area contributed by atoms with Crippen LogP contribution in [0.2, 0.25) is 5.02 Å². The van der Waals surface area contributed by atoms with E-state index in [2.05, 4.69) is 4.98 Å². The first-order valence-corrected chi connectivity index (χ1v) is 6.01. The topological polar surface area (TPSA) is 34.9 Å². The Balaban J connectivity index is 2.68. The minimum atomic E-state index is -4.98. The van der Waals surface area contributed by atoms with Crippen molar-refractivity contribution in [1.29, 1.82) is 0 Å². The third-order valence-electron chi connectivity index (χ3n) is 2.68. The second kappa shape index (κ2) is 5.52. The van der Waals surface area contributed by atoms with Crippen LogP contribution in [0.1, 0.15) is 11.1 Å². The van der Waals surface area contributed by atoms with Gasteiger partial charge in [-0.1, -0.05) is 11.6 Å². The molecule has 0 aromatic carbocycles. The molecule has 0 aliphatic heterocycles. The van der Waals surface area contributed by atoms with Crippen LogP contribution in [0.4, 0.5) is 30.7 Å². The van der Waals surface area contributed by atoms with Gasteiger partial charge in [-0.25, -0.2) is 9.37 Å². The SMILES string of the molecule is O=c1c(F)cc(C(F)(F)F)cn1-c1ncc(C(F)(F)F)cc1Cl. The van der Waals surface area contributed by atoms with Gasteiger partial charge in [0.15, 0.2) is 11.6 Å². The van der Waals surface area contributed by atoms with Gasteiger partial charge >= 0.3 is 12.4 Å². The molecule has 2 aromatic rings. The van der Waals surface area contributed by atoms with Crippen LogP contribution in [0.15, 0.2) is 29.3 Å². The van der Waals surface area contributed by atoms with Crippen molar-refractivity contribution >= 4 is 11.6 Å². The van der Waals surface area contributed by atoms with Gasteiger partial charge < -0.3 is 0 Å². The predicted octanol–water partition coefficient (Wildman–Crippen LogP) is 4.06. The third-order valence-corrected chi connectivity index (χ3v) is 2.96. The van der Waals surface area contributed by atoms with Gasteiger partial charge in [0.2, 0.25) is 0 Å². The molecule has 0 saturated heterocycles. The van der Waals surface area contributed by atoms with Gasteiger partial charge in [-0.15, -0.1) is 0 Å². The van der Waals surface area contributed by atoms with Crippen molar-refractivity contribution in [3.63, 3.8) is 0 Å². The van der Waals surface area contributed by atoms with E-state index in [4.69, 9.17) is 11.6 Å². The molecule has 0 aliphatic rings. The standard InChI is InChI=1S/C12H4ClF7N2O/c13-7-1-5(11(15,16)17)3-21-9(7)22-4-6(12(18,19)20)2-8(14)10(22)23/h1-4H. The summed E-state index contributed by atoms with van der Waals surface area (Å²) < 4.78 is 88.8. The molecule has 0 aliphatic carbocycles. The molecular weight excluding hydrogens is 357 g/mol. The average Bonchev–Trinajstić information content (AvgIpc) is 2.39.